The first-order valence-electron chi connectivity index (χ1n) is 6.25. The van der Waals surface area contributed by atoms with Crippen molar-refractivity contribution in [1.82, 2.24) is 9.97 Å². The van der Waals surface area contributed by atoms with Crippen molar-refractivity contribution in [2.45, 2.75) is 45.2 Å². The molecule has 1 saturated heterocycles. The molecule has 1 aromatic heterocycles. The molecule has 1 aliphatic heterocycles. The zero-order chi connectivity index (χ0) is 13.1. The molecule has 0 aromatic carbocycles. The zero-order valence-electron chi connectivity index (χ0n) is 10.7. The highest BCUT2D eigenvalue weighted by molar-refractivity contribution is 5.94. The second-order valence-electron chi connectivity index (χ2n) is 4.64. The number of aromatic nitrogens is 2. The Bertz CT molecular complexity index is 431. The Hall–Kier alpha value is -1.85. The minimum Gasteiger partial charge on any atom is -0.409 e. The first kappa shape index (κ1) is 12.6. The summed E-state index contributed by atoms with van der Waals surface area (Å²) in [5.74, 6) is 0.844. The molecule has 2 unspecified atom stereocenters. The molecule has 3 N–H and O–H groups in total. The molecule has 2 atom stereocenters. The monoisotopic (exact) mass is 249 g/mol. The number of hydrogen-bond acceptors (Lipinski definition) is 5. The van der Waals surface area contributed by atoms with Crippen LogP contribution in [0.3, 0.4) is 0 Å². The van der Waals surface area contributed by atoms with Crippen LogP contribution in [0.25, 0.3) is 0 Å². The van der Waals surface area contributed by atoms with Crippen LogP contribution in [0.4, 0.5) is 5.82 Å². The van der Waals surface area contributed by atoms with Gasteiger partial charge in [0, 0.05) is 12.1 Å². The summed E-state index contributed by atoms with van der Waals surface area (Å²) in [5.41, 5.74) is 5.85. The van der Waals surface area contributed by atoms with Crippen LogP contribution in [0.15, 0.2) is 17.5 Å². The molecule has 1 aliphatic rings. The molecule has 0 aliphatic carbocycles. The Kier molecular flexibility index (Phi) is 3.64. The number of anilines is 1. The van der Waals surface area contributed by atoms with Gasteiger partial charge in [-0.3, -0.25) is 0 Å². The highest BCUT2D eigenvalue weighted by Gasteiger charge is 2.30. The second kappa shape index (κ2) is 5.20. The van der Waals surface area contributed by atoms with Crippen LogP contribution in [0.5, 0.6) is 0 Å². The highest BCUT2D eigenvalue weighted by Crippen LogP contribution is 2.30. The van der Waals surface area contributed by atoms with Gasteiger partial charge in [-0.25, -0.2) is 9.97 Å². The first-order valence-corrected chi connectivity index (χ1v) is 6.25. The third-order valence-corrected chi connectivity index (χ3v) is 3.53. The van der Waals surface area contributed by atoms with Gasteiger partial charge in [-0.1, -0.05) is 12.1 Å². The van der Waals surface area contributed by atoms with Crippen molar-refractivity contribution in [2.75, 3.05) is 4.90 Å². The van der Waals surface area contributed by atoms with Gasteiger partial charge in [0.1, 0.15) is 11.5 Å². The smallest absolute Gasteiger partial charge is 0.190 e. The molecule has 6 heteroatoms. The molecule has 0 saturated carbocycles. The summed E-state index contributed by atoms with van der Waals surface area (Å²) in [7, 11) is 0. The fraction of sp³-hybridized carbons (Fsp3) is 0.583. The molecule has 6 nitrogen and oxygen atoms in total. The summed E-state index contributed by atoms with van der Waals surface area (Å²) in [6.07, 6.45) is 6.72. The Balaban J connectivity index is 2.23. The molecule has 2 heterocycles. The van der Waals surface area contributed by atoms with Crippen molar-refractivity contribution in [3.63, 3.8) is 0 Å². The van der Waals surface area contributed by atoms with Crippen molar-refractivity contribution >= 4 is 11.7 Å². The van der Waals surface area contributed by atoms with E-state index in [1.165, 1.54) is 12.8 Å². The summed E-state index contributed by atoms with van der Waals surface area (Å²) in [6.45, 7) is 4.39. The average molecular weight is 249 g/mol. The lowest BCUT2D eigenvalue weighted by Crippen LogP contribution is -2.35. The van der Waals surface area contributed by atoms with Crippen molar-refractivity contribution in [3.05, 3.63) is 18.1 Å². The van der Waals surface area contributed by atoms with Crippen LogP contribution in [-0.4, -0.2) is 33.1 Å². The fourth-order valence-corrected chi connectivity index (χ4v) is 2.52. The Labute approximate surface area is 107 Å². The van der Waals surface area contributed by atoms with Crippen molar-refractivity contribution in [2.24, 2.45) is 10.9 Å². The minimum atomic E-state index is -0.0180. The summed E-state index contributed by atoms with van der Waals surface area (Å²) >= 11 is 0. The van der Waals surface area contributed by atoms with Gasteiger partial charge in [-0.05, 0) is 26.2 Å². The van der Waals surface area contributed by atoms with Crippen LogP contribution < -0.4 is 10.6 Å². The SMILES string of the molecule is CCC1CCC(C)N1c1cnc(C(N)=NO)cn1. The van der Waals surface area contributed by atoms with E-state index >= 15 is 0 Å². The average Bonchev–Trinajstić information content (AvgIpc) is 2.79. The molecular weight excluding hydrogens is 230 g/mol. The Morgan fingerprint density at radius 2 is 2.28 bits per heavy atom. The van der Waals surface area contributed by atoms with E-state index < -0.39 is 0 Å². The van der Waals surface area contributed by atoms with E-state index in [1.54, 1.807) is 12.4 Å². The number of nitrogens with two attached hydrogens (primary N) is 1. The van der Waals surface area contributed by atoms with E-state index in [9.17, 15) is 0 Å². The standard InChI is InChI=1S/C12H19N5O/c1-3-9-5-4-8(2)17(9)11-7-14-10(6-15-11)12(13)16-18/h6-9,18H,3-5H2,1-2H3,(H2,13,16). The first-order chi connectivity index (χ1) is 8.67. The lowest BCUT2D eigenvalue weighted by atomic mass is 10.1. The van der Waals surface area contributed by atoms with Crippen LogP contribution in [0.1, 0.15) is 38.8 Å². The van der Waals surface area contributed by atoms with Gasteiger partial charge in [0.2, 0.25) is 0 Å². The third kappa shape index (κ3) is 2.23. The van der Waals surface area contributed by atoms with E-state index in [0.29, 0.717) is 17.8 Å². The van der Waals surface area contributed by atoms with Crippen molar-refractivity contribution < 1.29 is 5.21 Å². The molecule has 1 aromatic rings. The maximum atomic E-state index is 8.58. The lowest BCUT2D eigenvalue weighted by Gasteiger charge is -2.28. The number of rotatable bonds is 3. The molecular formula is C12H19N5O. The summed E-state index contributed by atoms with van der Waals surface area (Å²) in [4.78, 5) is 10.9. The fourth-order valence-electron chi connectivity index (χ4n) is 2.52. The van der Waals surface area contributed by atoms with Gasteiger partial charge in [-0.15, -0.1) is 0 Å². The molecule has 2 rings (SSSR count). The molecule has 18 heavy (non-hydrogen) atoms. The Morgan fingerprint density at radius 3 is 2.83 bits per heavy atom. The summed E-state index contributed by atoms with van der Waals surface area (Å²) in [5, 5.41) is 11.5. The Morgan fingerprint density at radius 1 is 1.50 bits per heavy atom. The van der Waals surface area contributed by atoms with Gasteiger partial charge < -0.3 is 15.8 Å². The minimum absolute atomic E-state index is 0.0180. The normalized spacial score (nSPS) is 24.6. The predicted molar refractivity (Wildman–Crippen MR) is 69.8 cm³/mol. The molecule has 0 radical (unpaired) electrons. The van der Waals surface area contributed by atoms with Crippen LogP contribution >= 0.6 is 0 Å². The van der Waals surface area contributed by atoms with Crippen molar-refractivity contribution in [1.29, 1.82) is 0 Å². The van der Waals surface area contributed by atoms with E-state index in [0.717, 1.165) is 12.2 Å². The van der Waals surface area contributed by atoms with Gasteiger partial charge in [-0.2, -0.15) is 0 Å². The van der Waals surface area contributed by atoms with E-state index in [-0.39, 0.29) is 5.84 Å². The molecule has 0 spiro atoms. The molecule has 0 bridgehead atoms. The largest absolute Gasteiger partial charge is 0.409 e. The highest BCUT2D eigenvalue weighted by atomic mass is 16.4. The summed E-state index contributed by atoms with van der Waals surface area (Å²) in [6, 6.07) is 1.02. The van der Waals surface area contributed by atoms with Gasteiger partial charge >= 0.3 is 0 Å². The second-order valence-corrected chi connectivity index (χ2v) is 4.64. The molecule has 1 fully saturated rings. The molecule has 0 amide bonds. The van der Waals surface area contributed by atoms with Gasteiger partial charge in [0.15, 0.2) is 5.84 Å². The van der Waals surface area contributed by atoms with Gasteiger partial charge in [0.25, 0.3) is 0 Å². The van der Waals surface area contributed by atoms with E-state index in [2.05, 4.69) is 33.9 Å². The van der Waals surface area contributed by atoms with Crippen molar-refractivity contribution in [3.8, 4) is 0 Å². The number of oxime groups is 1. The molecule has 98 valence electrons. The quantitative estimate of drug-likeness (QED) is 0.365. The van der Waals surface area contributed by atoms with E-state index in [4.69, 9.17) is 10.9 Å². The van der Waals surface area contributed by atoms with E-state index in [1.807, 2.05) is 0 Å². The number of hydrogen-bond donors (Lipinski definition) is 2. The van der Waals surface area contributed by atoms with Crippen LogP contribution in [-0.2, 0) is 0 Å². The number of amidine groups is 1. The maximum absolute atomic E-state index is 8.58. The third-order valence-electron chi connectivity index (χ3n) is 3.53. The summed E-state index contributed by atoms with van der Waals surface area (Å²) < 4.78 is 0. The lowest BCUT2D eigenvalue weighted by molar-refractivity contribution is 0.318. The van der Waals surface area contributed by atoms with Gasteiger partial charge in [0.05, 0.1) is 12.4 Å². The zero-order valence-corrected chi connectivity index (χ0v) is 10.7. The van der Waals surface area contributed by atoms with Crippen LogP contribution in [0, 0.1) is 0 Å². The maximum Gasteiger partial charge on any atom is 0.190 e. The number of nitrogens with zero attached hydrogens (tertiary/aromatic N) is 4. The predicted octanol–water partition coefficient (Wildman–Crippen LogP) is 1.34. The topological polar surface area (TPSA) is 87.6 Å². The van der Waals surface area contributed by atoms with Crippen LogP contribution in [0.2, 0.25) is 0 Å².